The number of likely N-dealkylation sites (tertiary alicyclic amines) is 1. The highest BCUT2D eigenvalue weighted by Crippen LogP contribution is 2.26. The third-order valence-corrected chi connectivity index (χ3v) is 5.95. The van der Waals surface area contributed by atoms with Gasteiger partial charge in [0.1, 0.15) is 6.61 Å². The van der Waals surface area contributed by atoms with Gasteiger partial charge in [-0.15, -0.1) is 11.8 Å². The van der Waals surface area contributed by atoms with Crippen LogP contribution in [0, 0.1) is 10.1 Å². The average molecular weight is 460 g/mol. The van der Waals surface area contributed by atoms with Gasteiger partial charge in [-0.3, -0.25) is 14.9 Å². The molecule has 1 aliphatic rings. The summed E-state index contributed by atoms with van der Waals surface area (Å²) in [4.78, 5) is 36.1. The molecule has 10 nitrogen and oxygen atoms in total. The van der Waals surface area contributed by atoms with Crippen LogP contribution in [-0.2, 0) is 16.1 Å². The molecule has 0 aromatic heterocycles. The van der Waals surface area contributed by atoms with Gasteiger partial charge in [0.25, 0.3) is 5.69 Å². The van der Waals surface area contributed by atoms with Crippen molar-refractivity contribution in [3.63, 3.8) is 0 Å². The van der Waals surface area contributed by atoms with Crippen molar-refractivity contribution in [3.8, 4) is 0 Å². The molecule has 30 heavy (non-hydrogen) atoms. The third kappa shape index (κ3) is 7.35. The molecule has 0 radical (unpaired) electrons. The van der Waals surface area contributed by atoms with Crippen LogP contribution in [0.2, 0.25) is 0 Å². The Morgan fingerprint density at radius 3 is 2.60 bits per heavy atom. The smallest absolute Gasteiger partial charge is 0.410 e. The van der Waals surface area contributed by atoms with Gasteiger partial charge in [-0.1, -0.05) is 0 Å². The normalized spacial score (nSPS) is 18.5. The lowest BCUT2D eigenvalue weighted by Crippen LogP contribution is -2.41. The van der Waals surface area contributed by atoms with Crippen LogP contribution >= 0.6 is 24.4 Å². The third-order valence-electron chi connectivity index (χ3n) is 4.49. The summed E-state index contributed by atoms with van der Waals surface area (Å²) in [6, 6.07) is 4.96. The van der Waals surface area contributed by atoms with Crippen molar-refractivity contribution in [1.29, 1.82) is 0 Å². The molecule has 2 amide bonds. The largest absolute Gasteiger partial charge is 0.445 e. The van der Waals surface area contributed by atoms with Gasteiger partial charge >= 0.3 is 6.09 Å². The minimum atomic E-state index is -0.683. The summed E-state index contributed by atoms with van der Waals surface area (Å²) in [5.74, 6) is 0.344. The fourth-order valence-corrected chi connectivity index (χ4v) is 4.32. The topological polar surface area (TPSA) is 142 Å². The summed E-state index contributed by atoms with van der Waals surface area (Å²) < 4.78 is 5.34. The summed E-state index contributed by atoms with van der Waals surface area (Å²) in [6.07, 6.45) is 0.167. The van der Waals surface area contributed by atoms with Crippen LogP contribution in [-0.4, -0.2) is 80.6 Å². The number of nitrogens with one attached hydrogen (secondary N) is 1. The monoisotopic (exact) mass is 459 g/mol. The standard InChI is InChI=1S/C18H25N3O7S2/c22-7-13(8-23)19-17(24)11-30-10-15-5-16(29)6-20(15)18(25)28-9-12-1-3-14(4-2-12)21(26)27/h1-4,13,15-16,22-23,29H,5-11H2,(H,19,24). The first kappa shape index (κ1) is 24.3. The second kappa shape index (κ2) is 12.0. The van der Waals surface area contributed by atoms with Crippen LogP contribution in [0.15, 0.2) is 24.3 Å². The zero-order valence-corrected chi connectivity index (χ0v) is 17.9. The lowest BCUT2D eigenvalue weighted by Gasteiger charge is -2.23. The zero-order valence-electron chi connectivity index (χ0n) is 16.2. The van der Waals surface area contributed by atoms with Crippen molar-refractivity contribution in [2.45, 2.75) is 30.4 Å². The van der Waals surface area contributed by atoms with E-state index in [0.717, 1.165) is 0 Å². The van der Waals surface area contributed by atoms with Crippen LogP contribution in [0.1, 0.15) is 12.0 Å². The number of amides is 2. The predicted molar refractivity (Wildman–Crippen MR) is 115 cm³/mol. The van der Waals surface area contributed by atoms with Gasteiger partial charge in [-0.25, -0.2) is 4.79 Å². The van der Waals surface area contributed by atoms with E-state index < -0.39 is 17.1 Å². The molecule has 166 valence electrons. The maximum atomic E-state index is 12.5. The summed E-state index contributed by atoms with van der Waals surface area (Å²) in [6.45, 7) is -0.260. The van der Waals surface area contributed by atoms with Crippen molar-refractivity contribution in [1.82, 2.24) is 10.2 Å². The number of rotatable bonds is 10. The van der Waals surface area contributed by atoms with Gasteiger partial charge < -0.3 is 25.2 Å². The Morgan fingerprint density at radius 1 is 1.33 bits per heavy atom. The molecule has 1 fully saturated rings. The zero-order chi connectivity index (χ0) is 22.1. The molecule has 12 heteroatoms. The number of nitro benzene ring substituents is 1. The number of nitro groups is 1. The number of thioether (sulfide) groups is 1. The van der Waals surface area contributed by atoms with Crippen molar-refractivity contribution in [2.24, 2.45) is 0 Å². The number of thiol groups is 1. The number of hydrogen-bond donors (Lipinski definition) is 4. The predicted octanol–water partition coefficient (Wildman–Crippen LogP) is 0.807. The van der Waals surface area contributed by atoms with Crippen LogP contribution in [0.25, 0.3) is 0 Å². The molecule has 1 heterocycles. The van der Waals surface area contributed by atoms with Crippen molar-refractivity contribution < 1.29 is 29.5 Å². The average Bonchev–Trinajstić information content (AvgIpc) is 3.11. The molecular weight excluding hydrogens is 434 g/mol. The second-order valence-electron chi connectivity index (χ2n) is 6.82. The van der Waals surface area contributed by atoms with Crippen LogP contribution in [0.3, 0.4) is 0 Å². The number of carbonyl (C=O) groups is 2. The fraction of sp³-hybridized carbons (Fsp3) is 0.556. The second-order valence-corrected chi connectivity index (χ2v) is 8.58. The maximum absolute atomic E-state index is 12.5. The Morgan fingerprint density at radius 2 is 2.00 bits per heavy atom. The van der Waals surface area contributed by atoms with E-state index >= 15 is 0 Å². The molecule has 0 aliphatic carbocycles. The number of aliphatic hydroxyl groups excluding tert-OH is 2. The van der Waals surface area contributed by atoms with Crippen LogP contribution in [0.4, 0.5) is 10.5 Å². The summed E-state index contributed by atoms with van der Waals surface area (Å²) >= 11 is 5.79. The molecule has 1 aromatic rings. The molecule has 2 rings (SSSR count). The van der Waals surface area contributed by atoms with Gasteiger partial charge in [0.15, 0.2) is 0 Å². The van der Waals surface area contributed by atoms with Crippen LogP contribution < -0.4 is 5.32 Å². The number of aliphatic hydroxyl groups is 2. The van der Waals surface area contributed by atoms with Gasteiger partial charge in [0.2, 0.25) is 5.91 Å². The van der Waals surface area contributed by atoms with Crippen LogP contribution in [0.5, 0.6) is 0 Å². The maximum Gasteiger partial charge on any atom is 0.410 e. The summed E-state index contributed by atoms with van der Waals surface area (Å²) in [5, 5.41) is 31.2. The number of benzene rings is 1. The first-order chi connectivity index (χ1) is 14.3. The van der Waals surface area contributed by atoms with Gasteiger partial charge in [-0.2, -0.15) is 12.6 Å². The number of nitrogens with zero attached hydrogens (tertiary/aromatic N) is 2. The van der Waals surface area contributed by atoms with Gasteiger partial charge in [0, 0.05) is 35.7 Å². The Hall–Kier alpha value is -2.02. The van der Waals surface area contributed by atoms with E-state index in [1.165, 1.54) is 36.0 Å². The summed E-state index contributed by atoms with van der Waals surface area (Å²) in [5.41, 5.74) is 0.605. The van der Waals surface area contributed by atoms with E-state index in [-0.39, 0.29) is 48.5 Å². The molecule has 2 unspecified atom stereocenters. The Balaban J connectivity index is 1.80. The van der Waals surface area contributed by atoms with E-state index in [1.54, 1.807) is 4.90 Å². The number of carbonyl (C=O) groups excluding carboxylic acids is 2. The minimum absolute atomic E-state index is 0.00343. The first-order valence-electron chi connectivity index (χ1n) is 9.27. The number of hydrogen-bond acceptors (Lipinski definition) is 9. The number of non-ortho nitro benzene ring substituents is 1. The minimum Gasteiger partial charge on any atom is -0.445 e. The molecule has 1 aromatic carbocycles. The molecule has 2 atom stereocenters. The Labute approximate surface area is 183 Å². The van der Waals surface area contributed by atoms with E-state index in [4.69, 9.17) is 14.9 Å². The molecule has 0 saturated carbocycles. The van der Waals surface area contributed by atoms with Crippen molar-refractivity contribution in [3.05, 3.63) is 39.9 Å². The van der Waals surface area contributed by atoms with Gasteiger partial charge in [-0.05, 0) is 24.1 Å². The van der Waals surface area contributed by atoms with Gasteiger partial charge in [0.05, 0.1) is 29.9 Å². The number of ether oxygens (including phenoxy) is 1. The van der Waals surface area contributed by atoms with E-state index in [9.17, 15) is 19.7 Å². The van der Waals surface area contributed by atoms with E-state index in [2.05, 4.69) is 17.9 Å². The first-order valence-corrected chi connectivity index (χ1v) is 10.9. The molecule has 0 spiro atoms. The van der Waals surface area contributed by atoms with E-state index in [0.29, 0.717) is 24.3 Å². The highest BCUT2D eigenvalue weighted by Gasteiger charge is 2.34. The quantitative estimate of drug-likeness (QED) is 0.229. The lowest BCUT2D eigenvalue weighted by atomic mass is 10.2. The molecular formula is C18H25N3O7S2. The lowest BCUT2D eigenvalue weighted by molar-refractivity contribution is -0.384. The molecule has 1 aliphatic heterocycles. The Bertz CT molecular complexity index is 731. The highest BCUT2D eigenvalue weighted by atomic mass is 32.2. The Kier molecular flexibility index (Phi) is 9.69. The SMILES string of the molecule is O=C(CSCC1CC(S)CN1C(=O)OCc1ccc([N+](=O)[O-])cc1)NC(CO)CO. The molecule has 1 saturated heterocycles. The molecule has 3 N–H and O–H groups in total. The summed E-state index contributed by atoms with van der Waals surface area (Å²) in [7, 11) is 0. The highest BCUT2D eigenvalue weighted by molar-refractivity contribution is 8.00. The van der Waals surface area contributed by atoms with Crippen molar-refractivity contribution >= 4 is 42.1 Å². The molecule has 0 bridgehead atoms. The van der Waals surface area contributed by atoms with Crippen molar-refractivity contribution in [2.75, 3.05) is 31.3 Å². The fourth-order valence-electron chi connectivity index (χ4n) is 2.92. The van der Waals surface area contributed by atoms with E-state index in [1.807, 2.05) is 0 Å².